The molecule has 0 aromatic rings. The molecule has 30 valence electrons. The Morgan fingerprint density at radius 1 is 1.20 bits per heavy atom. The van der Waals surface area contributed by atoms with E-state index in [9.17, 15) is 0 Å². The van der Waals surface area contributed by atoms with E-state index >= 15 is 0 Å². The molecule has 0 spiro atoms. The maximum Gasteiger partial charge on any atom is 0 e. The van der Waals surface area contributed by atoms with E-state index in [2.05, 4.69) is 6.42 Å². The normalized spacial score (nSPS) is 19.2. The molecule has 5 heavy (non-hydrogen) atoms. The minimum atomic E-state index is 0. The summed E-state index contributed by atoms with van der Waals surface area (Å²) in [5, 5.41) is 0. The van der Waals surface area contributed by atoms with Gasteiger partial charge in [-0.05, 0) is 0 Å². The molecule has 0 aliphatic heterocycles. The Hall–Kier alpha value is 0.688. The van der Waals surface area contributed by atoms with Crippen LogP contribution in [-0.2, 0) is 21.1 Å². The summed E-state index contributed by atoms with van der Waals surface area (Å²) in [5.41, 5.74) is 0. The molecule has 1 fully saturated rings. The average Bonchev–Trinajstić information content (AvgIpc) is 0.722. The average molecular weight is 151 g/mol. The zero-order valence-corrected chi connectivity index (χ0v) is 5.11. The van der Waals surface area contributed by atoms with Crippen molar-refractivity contribution in [1.29, 1.82) is 0 Å². The third-order valence-electron chi connectivity index (χ3n) is 0.816. The van der Waals surface area contributed by atoms with Gasteiger partial charge in [-0.1, -0.05) is 0 Å². The summed E-state index contributed by atoms with van der Waals surface area (Å²) >= 11 is 0. The Labute approximate surface area is 47.2 Å². The molecule has 0 unspecified atom stereocenters. The minimum absolute atomic E-state index is 0. The van der Waals surface area contributed by atoms with Crippen molar-refractivity contribution in [3.8, 4) is 0 Å². The molecule has 0 atom stereocenters. The van der Waals surface area contributed by atoms with Crippen LogP contribution in [0.3, 0.4) is 0 Å². The van der Waals surface area contributed by atoms with Gasteiger partial charge in [0.1, 0.15) is 0 Å². The second-order valence-corrected chi connectivity index (χ2v) is 1.22. The summed E-state index contributed by atoms with van der Waals surface area (Å²) in [4.78, 5) is 0. The van der Waals surface area contributed by atoms with Gasteiger partial charge in [0.05, 0.1) is 0 Å². The van der Waals surface area contributed by atoms with Crippen LogP contribution in [0, 0.1) is 6.42 Å². The van der Waals surface area contributed by atoms with Crippen LogP contribution in [0.15, 0.2) is 0 Å². The second-order valence-electron chi connectivity index (χ2n) is 1.22. The summed E-state index contributed by atoms with van der Waals surface area (Å²) in [6.45, 7) is 0. The molecule has 1 rings (SSSR count). The maximum absolute atomic E-state index is 2.31. The molecular formula is C4H7Mo-. The van der Waals surface area contributed by atoms with Gasteiger partial charge in [-0.2, -0.15) is 12.8 Å². The first-order valence-corrected chi connectivity index (χ1v) is 1.82. The molecule has 0 heterocycles. The number of rotatable bonds is 0. The van der Waals surface area contributed by atoms with E-state index in [4.69, 9.17) is 0 Å². The van der Waals surface area contributed by atoms with Gasteiger partial charge >= 0.3 is 0 Å². The van der Waals surface area contributed by atoms with Crippen molar-refractivity contribution in [3.05, 3.63) is 6.42 Å². The molecule has 0 radical (unpaired) electrons. The van der Waals surface area contributed by atoms with Gasteiger partial charge in [0, 0.05) is 21.1 Å². The van der Waals surface area contributed by atoms with Gasteiger partial charge in [0.15, 0.2) is 0 Å². The molecule has 0 N–H and O–H groups in total. The topological polar surface area (TPSA) is 0 Å². The molecular weight excluding hydrogens is 144 g/mol. The molecule has 0 saturated heterocycles. The summed E-state index contributed by atoms with van der Waals surface area (Å²) in [5.74, 6) is 0. The van der Waals surface area contributed by atoms with E-state index in [0.29, 0.717) is 0 Å². The Bertz CT molecular complexity index is 11.6. The predicted octanol–water partition coefficient (Wildman–Crippen LogP) is 1.37. The van der Waals surface area contributed by atoms with Crippen LogP contribution in [0.5, 0.6) is 0 Å². The third-order valence-corrected chi connectivity index (χ3v) is 0.816. The van der Waals surface area contributed by atoms with Crippen molar-refractivity contribution < 1.29 is 21.1 Å². The van der Waals surface area contributed by atoms with Crippen molar-refractivity contribution in [2.75, 3.05) is 0 Å². The molecule has 1 saturated carbocycles. The summed E-state index contributed by atoms with van der Waals surface area (Å²) in [6, 6.07) is 0. The van der Waals surface area contributed by atoms with Crippen molar-refractivity contribution in [1.82, 2.24) is 0 Å². The van der Waals surface area contributed by atoms with Crippen molar-refractivity contribution in [3.63, 3.8) is 0 Å². The smallest absolute Gasteiger partial charge is 0 e. The first kappa shape index (κ1) is 5.69. The van der Waals surface area contributed by atoms with E-state index in [1.54, 1.807) is 0 Å². The van der Waals surface area contributed by atoms with Gasteiger partial charge in [0.25, 0.3) is 0 Å². The van der Waals surface area contributed by atoms with Crippen molar-refractivity contribution in [2.24, 2.45) is 0 Å². The van der Waals surface area contributed by atoms with Crippen LogP contribution in [-0.4, -0.2) is 0 Å². The Morgan fingerprint density at radius 2 is 1.40 bits per heavy atom. The molecule has 0 nitrogen and oxygen atoms in total. The standard InChI is InChI=1S/C4H7.Mo/c1-2-4-3-1;/h1H,2-4H2;/q-1;. The van der Waals surface area contributed by atoms with Crippen LogP contribution in [0.4, 0.5) is 0 Å². The summed E-state index contributed by atoms with van der Waals surface area (Å²) in [6.07, 6.45) is 6.50. The maximum atomic E-state index is 2.31. The van der Waals surface area contributed by atoms with Crippen LogP contribution in [0.1, 0.15) is 19.3 Å². The number of hydrogen-bond acceptors (Lipinski definition) is 0. The molecule has 0 amide bonds. The fourth-order valence-corrected chi connectivity index (χ4v) is 0.204. The minimum Gasteiger partial charge on any atom is -0.329 e. The van der Waals surface area contributed by atoms with Crippen LogP contribution >= 0.6 is 0 Å². The third kappa shape index (κ3) is 1.54. The molecule has 0 aromatic heterocycles. The van der Waals surface area contributed by atoms with E-state index < -0.39 is 0 Å². The van der Waals surface area contributed by atoms with Gasteiger partial charge in [0.2, 0.25) is 0 Å². The number of hydrogen-bond donors (Lipinski definition) is 0. The van der Waals surface area contributed by atoms with Crippen LogP contribution in [0.25, 0.3) is 0 Å². The van der Waals surface area contributed by atoms with Gasteiger partial charge < -0.3 is 6.42 Å². The zero-order valence-electron chi connectivity index (χ0n) is 3.11. The molecule has 1 aliphatic carbocycles. The van der Waals surface area contributed by atoms with Gasteiger partial charge in [-0.25, -0.2) is 0 Å². The fraction of sp³-hybridized carbons (Fsp3) is 0.750. The first-order chi connectivity index (χ1) is 2.00. The molecule has 1 heteroatoms. The fourth-order valence-electron chi connectivity index (χ4n) is 0.204. The van der Waals surface area contributed by atoms with Crippen molar-refractivity contribution >= 4 is 0 Å². The largest absolute Gasteiger partial charge is 0.329 e. The van der Waals surface area contributed by atoms with Crippen molar-refractivity contribution in [2.45, 2.75) is 19.3 Å². The predicted molar refractivity (Wildman–Crippen MR) is 18.2 cm³/mol. The Morgan fingerprint density at radius 3 is 1.40 bits per heavy atom. The Balaban J connectivity index is 0.000000160. The van der Waals surface area contributed by atoms with Crippen LogP contribution in [0.2, 0.25) is 0 Å². The quantitative estimate of drug-likeness (QED) is 0.362. The van der Waals surface area contributed by atoms with E-state index in [0.717, 1.165) is 0 Å². The van der Waals surface area contributed by atoms with Gasteiger partial charge in [-0.15, -0.1) is 6.42 Å². The van der Waals surface area contributed by atoms with Crippen LogP contribution < -0.4 is 0 Å². The van der Waals surface area contributed by atoms with E-state index in [1.807, 2.05) is 0 Å². The van der Waals surface area contributed by atoms with E-state index in [1.165, 1.54) is 19.3 Å². The molecule has 0 aromatic carbocycles. The monoisotopic (exact) mass is 153 g/mol. The SMILES string of the molecule is [CH-]1CCC1.[Mo]. The summed E-state index contributed by atoms with van der Waals surface area (Å²) in [7, 11) is 0. The Kier molecular flexibility index (Phi) is 3.30. The summed E-state index contributed by atoms with van der Waals surface area (Å²) < 4.78 is 0. The molecule has 1 aliphatic rings. The van der Waals surface area contributed by atoms with E-state index in [-0.39, 0.29) is 21.1 Å². The first-order valence-electron chi connectivity index (χ1n) is 1.82. The van der Waals surface area contributed by atoms with Gasteiger partial charge in [-0.3, -0.25) is 0 Å². The second kappa shape index (κ2) is 2.90. The zero-order chi connectivity index (χ0) is 2.83. The molecule has 0 bridgehead atoms.